The number of benzene rings is 2. The number of Topliss-reactive ketones (excluding diaryl/α,β-unsaturated/α-hetero) is 1. The molecule has 2 unspecified atom stereocenters. The van der Waals surface area contributed by atoms with Crippen molar-refractivity contribution in [3.63, 3.8) is 0 Å². The van der Waals surface area contributed by atoms with Crippen molar-refractivity contribution in [1.29, 1.82) is 0 Å². The third kappa shape index (κ3) is 4.26. The fourth-order valence-corrected chi connectivity index (χ4v) is 4.97. The number of carboxylic acids is 3. The number of phenols is 1. The van der Waals surface area contributed by atoms with Crippen molar-refractivity contribution >= 4 is 29.4 Å². The number of fused-ring (bicyclic) bond motifs is 2. The molecule has 172 valence electrons. The van der Waals surface area contributed by atoms with Crippen LogP contribution in [0.1, 0.15) is 72.7 Å². The molecule has 0 amide bonds. The Morgan fingerprint density at radius 2 is 1.55 bits per heavy atom. The monoisotopic (exact) mass is 453 g/mol. The Bertz CT molecular complexity index is 1170. The summed E-state index contributed by atoms with van der Waals surface area (Å²) >= 11 is 0. The molecule has 2 aromatic carbocycles. The third-order valence-electron chi connectivity index (χ3n) is 6.58. The predicted octanol–water partition coefficient (Wildman–Crippen LogP) is 3.29. The number of piperidine rings is 1. The summed E-state index contributed by atoms with van der Waals surface area (Å²) in [7, 11) is 0. The van der Waals surface area contributed by atoms with E-state index in [1.807, 2.05) is 0 Å². The number of ketones is 1. The Kier molecular flexibility index (Phi) is 5.80. The van der Waals surface area contributed by atoms with E-state index in [-0.39, 0.29) is 24.0 Å². The van der Waals surface area contributed by atoms with E-state index in [0.29, 0.717) is 17.5 Å². The number of anilines is 1. The van der Waals surface area contributed by atoms with E-state index in [4.69, 9.17) is 0 Å². The highest BCUT2D eigenvalue weighted by atomic mass is 16.4. The summed E-state index contributed by atoms with van der Waals surface area (Å²) in [5, 5.41) is 37.9. The van der Waals surface area contributed by atoms with Gasteiger partial charge in [0.05, 0.1) is 11.1 Å². The third-order valence-corrected chi connectivity index (χ3v) is 6.58. The fourth-order valence-electron chi connectivity index (χ4n) is 4.97. The van der Waals surface area contributed by atoms with Gasteiger partial charge in [0.1, 0.15) is 11.3 Å². The standard InChI is InChI=1S/C24H23NO8/c26-20(17-9-19(24(32)33)21(27)10-18(17)23(30)31)6-2-13-8-15(4-5-16(13)22(28)29)25-11-12-1-3-14(25)7-12/h4-5,8-10,12,14,27H,1-3,6-7,11H2,(H,28,29)(H,30,31)(H,32,33). The Balaban J connectivity index is 1.61. The Hall–Kier alpha value is -3.88. The van der Waals surface area contributed by atoms with Gasteiger partial charge in [0.2, 0.25) is 0 Å². The number of hydrogen-bond acceptors (Lipinski definition) is 6. The average Bonchev–Trinajstić information content (AvgIpc) is 3.40. The van der Waals surface area contributed by atoms with Gasteiger partial charge in [-0.2, -0.15) is 0 Å². The number of hydrogen-bond donors (Lipinski definition) is 4. The van der Waals surface area contributed by atoms with Gasteiger partial charge in [-0.3, -0.25) is 4.79 Å². The molecule has 2 aliphatic rings. The van der Waals surface area contributed by atoms with Crippen molar-refractivity contribution in [2.75, 3.05) is 11.4 Å². The van der Waals surface area contributed by atoms with Gasteiger partial charge < -0.3 is 25.3 Å². The van der Waals surface area contributed by atoms with Gasteiger partial charge in [0, 0.05) is 30.3 Å². The SMILES string of the molecule is O=C(O)c1cc(C(=O)CCc2cc(N3CC4CCC3C4)ccc2C(=O)O)c(C(=O)O)cc1O. The van der Waals surface area contributed by atoms with Crippen molar-refractivity contribution in [3.8, 4) is 5.75 Å². The highest BCUT2D eigenvalue weighted by molar-refractivity contribution is 6.08. The van der Waals surface area contributed by atoms with Crippen LogP contribution in [0, 0.1) is 5.92 Å². The van der Waals surface area contributed by atoms with E-state index in [2.05, 4.69) is 4.90 Å². The lowest BCUT2D eigenvalue weighted by molar-refractivity contribution is 0.0675. The van der Waals surface area contributed by atoms with E-state index in [0.717, 1.165) is 37.2 Å². The molecule has 2 bridgehead atoms. The zero-order valence-corrected chi connectivity index (χ0v) is 17.7. The Labute approximate surface area is 188 Å². The van der Waals surface area contributed by atoms with Crippen LogP contribution in [-0.4, -0.2) is 56.7 Å². The Morgan fingerprint density at radius 3 is 2.12 bits per heavy atom. The number of rotatable bonds is 8. The summed E-state index contributed by atoms with van der Waals surface area (Å²) in [4.78, 5) is 49.7. The van der Waals surface area contributed by atoms with Crippen LogP contribution >= 0.6 is 0 Å². The maximum absolute atomic E-state index is 12.9. The van der Waals surface area contributed by atoms with Gasteiger partial charge in [-0.25, -0.2) is 14.4 Å². The first-order valence-corrected chi connectivity index (χ1v) is 10.7. The minimum Gasteiger partial charge on any atom is -0.507 e. The van der Waals surface area contributed by atoms with Crippen molar-refractivity contribution < 1.29 is 39.6 Å². The lowest BCUT2D eigenvalue weighted by Crippen LogP contribution is -2.31. The molecule has 0 spiro atoms. The molecule has 2 fully saturated rings. The van der Waals surface area contributed by atoms with Crippen molar-refractivity contribution in [2.45, 2.75) is 38.1 Å². The van der Waals surface area contributed by atoms with Crippen LogP contribution in [0.15, 0.2) is 30.3 Å². The second kappa shape index (κ2) is 8.57. The van der Waals surface area contributed by atoms with Crippen molar-refractivity contribution in [2.24, 2.45) is 5.92 Å². The fraction of sp³-hybridized carbons (Fsp3) is 0.333. The average molecular weight is 453 g/mol. The second-order valence-electron chi connectivity index (χ2n) is 8.58. The zero-order chi connectivity index (χ0) is 23.9. The number of carboxylic acid groups (broad SMARTS) is 3. The first-order chi connectivity index (χ1) is 15.7. The molecule has 1 saturated heterocycles. The van der Waals surface area contributed by atoms with Crippen LogP contribution in [0.2, 0.25) is 0 Å². The minimum absolute atomic E-state index is 0.0403. The number of carbonyl (C=O) groups excluding carboxylic acids is 1. The van der Waals surface area contributed by atoms with Crippen LogP contribution in [-0.2, 0) is 6.42 Å². The number of aromatic hydroxyl groups is 1. The van der Waals surface area contributed by atoms with Crippen LogP contribution in [0.25, 0.3) is 0 Å². The van der Waals surface area contributed by atoms with E-state index in [1.54, 1.807) is 12.1 Å². The van der Waals surface area contributed by atoms with Crippen LogP contribution in [0.3, 0.4) is 0 Å². The molecule has 9 nitrogen and oxygen atoms in total. The molecular formula is C24H23NO8. The lowest BCUT2D eigenvalue weighted by Gasteiger charge is -2.29. The summed E-state index contributed by atoms with van der Waals surface area (Å²) in [6.45, 7) is 0.920. The zero-order valence-electron chi connectivity index (χ0n) is 17.7. The first-order valence-electron chi connectivity index (χ1n) is 10.7. The Morgan fingerprint density at radius 1 is 0.848 bits per heavy atom. The molecule has 1 aliphatic carbocycles. The molecule has 9 heteroatoms. The number of nitrogens with zero attached hydrogens (tertiary/aromatic N) is 1. The summed E-state index contributed by atoms with van der Waals surface area (Å²) in [6, 6.07) is 7.09. The topological polar surface area (TPSA) is 152 Å². The normalized spacial score (nSPS) is 19.0. The van der Waals surface area contributed by atoms with Gasteiger partial charge >= 0.3 is 17.9 Å². The molecule has 33 heavy (non-hydrogen) atoms. The highest BCUT2D eigenvalue weighted by Gasteiger charge is 2.38. The van der Waals surface area contributed by atoms with E-state index in [9.17, 15) is 39.6 Å². The maximum atomic E-state index is 12.9. The molecule has 0 radical (unpaired) electrons. The van der Waals surface area contributed by atoms with Gasteiger partial charge in [-0.05, 0) is 67.5 Å². The molecule has 4 rings (SSSR count). The minimum atomic E-state index is -1.50. The maximum Gasteiger partial charge on any atom is 0.339 e. The van der Waals surface area contributed by atoms with Crippen molar-refractivity contribution in [3.05, 3.63) is 58.1 Å². The largest absolute Gasteiger partial charge is 0.507 e. The second-order valence-corrected chi connectivity index (χ2v) is 8.58. The summed E-state index contributed by atoms with van der Waals surface area (Å²) in [5.74, 6) is -4.88. The van der Waals surface area contributed by atoms with Gasteiger partial charge in [0.25, 0.3) is 0 Å². The highest BCUT2D eigenvalue weighted by Crippen LogP contribution is 2.40. The van der Waals surface area contributed by atoms with Gasteiger partial charge in [-0.1, -0.05) is 0 Å². The lowest BCUT2D eigenvalue weighted by atomic mass is 9.94. The number of carbonyl (C=O) groups is 4. The van der Waals surface area contributed by atoms with E-state index in [1.165, 1.54) is 12.5 Å². The molecule has 4 N–H and O–H groups in total. The molecule has 2 aromatic rings. The van der Waals surface area contributed by atoms with Gasteiger partial charge in [-0.15, -0.1) is 0 Å². The predicted molar refractivity (Wildman–Crippen MR) is 117 cm³/mol. The first kappa shape index (κ1) is 22.3. The quantitative estimate of drug-likeness (QED) is 0.441. The molecule has 1 saturated carbocycles. The molecule has 1 aliphatic heterocycles. The molecular weight excluding hydrogens is 430 g/mol. The summed E-state index contributed by atoms with van der Waals surface area (Å²) in [5.41, 5.74) is -0.0266. The number of aryl methyl sites for hydroxylation is 1. The smallest absolute Gasteiger partial charge is 0.339 e. The van der Waals surface area contributed by atoms with Gasteiger partial charge in [0.15, 0.2) is 5.78 Å². The van der Waals surface area contributed by atoms with Crippen molar-refractivity contribution in [1.82, 2.24) is 0 Å². The molecule has 2 atom stereocenters. The van der Waals surface area contributed by atoms with Crippen LogP contribution in [0.4, 0.5) is 5.69 Å². The molecule has 1 heterocycles. The summed E-state index contributed by atoms with van der Waals surface area (Å²) < 4.78 is 0. The molecule has 0 aromatic heterocycles. The number of aromatic carboxylic acids is 3. The van der Waals surface area contributed by atoms with E-state index < -0.39 is 40.6 Å². The van der Waals surface area contributed by atoms with E-state index >= 15 is 0 Å². The summed E-state index contributed by atoms with van der Waals surface area (Å²) in [6.07, 6.45) is 3.24. The van der Waals surface area contributed by atoms with Crippen LogP contribution in [0.5, 0.6) is 5.75 Å². The van der Waals surface area contributed by atoms with Crippen LogP contribution < -0.4 is 4.90 Å².